The van der Waals surface area contributed by atoms with E-state index in [0.717, 1.165) is 22.7 Å². The first-order valence-electron chi connectivity index (χ1n) is 8.06. The molecule has 2 rings (SSSR count). The minimum absolute atomic E-state index is 0.0555. The Hall–Kier alpha value is -1.79. The minimum Gasteiger partial charge on any atom is -0.384 e. The van der Waals surface area contributed by atoms with Crippen molar-refractivity contribution in [2.45, 2.75) is 39.7 Å². The highest BCUT2D eigenvalue weighted by Crippen LogP contribution is 2.46. The molecule has 23 heavy (non-hydrogen) atoms. The fourth-order valence-electron chi connectivity index (χ4n) is 2.51. The molecule has 0 aromatic heterocycles. The summed E-state index contributed by atoms with van der Waals surface area (Å²) in [6.07, 6.45) is 0.820. The second-order valence-corrected chi connectivity index (χ2v) is 9.32. The number of hydrogen-bond donors (Lipinski definition) is 1. The number of benzene rings is 2. The largest absolute Gasteiger partial charge is 0.384 e. The van der Waals surface area contributed by atoms with Gasteiger partial charge in [-0.2, -0.15) is 0 Å². The fraction of sp³-hybridized carbons (Fsp3) is 0.300. The van der Waals surface area contributed by atoms with Crippen molar-refractivity contribution in [1.82, 2.24) is 5.32 Å². The van der Waals surface area contributed by atoms with E-state index in [1.54, 1.807) is 0 Å². The molecule has 0 saturated carbocycles. The van der Waals surface area contributed by atoms with Crippen LogP contribution in [0.1, 0.15) is 34.1 Å². The molecule has 0 spiro atoms. The Morgan fingerprint density at radius 3 is 1.74 bits per heavy atom. The maximum Gasteiger partial charge on any atom is 0.165 e. The molecular weight excluding hydrogens is 301 g/mol. The normalized spacial score (nSPS) is 13.0. The number of hydrogen-bond acceptors (Lipinski definition) is 2. The molecule has 2 aromatic rings. The van der Waals surface area contributed by atoms with Crippen molar-refractivity contribution in [2.75, 3.05) is 0 Å². The van der Waals surface area contributed by atoms with Crippen molar-refractivity contribution in [3.63, 3.8) is 0 Å². The van der Waals surface area contributed by atoms with Crippen LogP contribution in [0.4, 0.5) is 0 Å². The third-order valence-electron chi connectivity index (χ3n) is 3.53. The summed E-state index contributed by atoms with van der Waals surface area (Å²) in [5.74, 6) is 1.95. The smallest absolute Gasteiger partial charge is 0.165 e. The Morgan fingerprint density at radius 2 is 1.39 bits per heavy atom. The van der Waals surface area contributed by atoms with Gasteiger partial charge in [0.25, 0.3) is 0 Å². The van der Waals surface area contributed by atoms with Crippen molar-refractivity contribution in [1.29, 1.82) is 0 Å². The van der Waals surface area contributed by atoms with Gasteiger partial charge in [-0.15, -0.1) is 0 Å². The first kappa shape index (κ1) is 17.6. The van der Waals surface area contributed by atoms with E-state index in [-0.39, 0.29) is 5.54 Å². The van der Waals surface area contributed by atoms with E-state index in [1.165, 1.54) is 0 Å². The Morgan fingerprint density at radius 1 is 0.957 bits per heavy atom. The molecule has 2 nitrogen and oxygen atoms in total. The minimum atomic E-state index is -2.81. The van der Waals surface area contributed by atoms with Crippen molar-refractivity contribution in [3.8, 4) is 0 Å². The maximum absolute atomic E-state index is 14.0. The van der Waals surface area contributed by atoms with E-state index in [4.69, 9.17) is 0 Å². The molecule has 0 saturated heterocycles. The van der Waals surface area contributed by atoms with Gasteiger partial charge in [-0.05, 0) is 27.2 Å². The van der Waals surface area contributed by atoms with Crippen LogP contribution in [0.25, 0.3) is 0 Å². The van der Waals surface area contributed by atoms with Crippen molar-refractivity contribution < 1.29 is 4.57 Å². The zero-order valence-electron chi connectivity index (χ0n) is 14.4. The highest BCUT2D eigenvalue weighted by molar-refractivity contribution is 7.81. The predicted molar refractivity (Wildman–Crippen MR) is 101 cm³/mol. The summed E-state index contributed by atoms with van der Waals surface area (Å²) in [5.41, 5.74) is 0.966. The van der Waals surface area contributed by atoms with Gasteiger partial charge in [0, 0.05) is 27.7 Å². The maximum atomic E-state index is 14.0. The van der Waals surface area contributed by atoms with Crippen LogP contribution < -0.4 is 15.9 Å². The van der Waals surface area contributed by atoms with Gasteiger partial charge in [0.05, 0.1) is 0 Å². The molecule has 0 fully saturated rings. The van der Waals surface area contributed by atoms with Gasteiger partial charge in [0.1, 0.15) is 0 Å². The highest BCUT2D eigenvalue weighted by Gasteiger charge is 2.25. The lowest BCUT2D eigenvalue weighted by atomic mass is 10.1. The second-order valence-electron chi connectivity index (χ2n) is 6.71. The zero-order valence-corrected chi connectivity index (χ0v) is 15.3. The summed E-state index contributed by atoms with van der Waals surface area (Å²) in [5, 5.41) is 5.23. The Kier molecular flexibility index (Phi) is 5.49. The van der Waals surface area contributed by atoms with Crippen LogP contribution >= 0.6 is 7.14 Å². The molecular formula is C20H26NOP. The summed E-state index contributed by atoms with van der Waals surface area (Å²) < 4.78 is 14.0. The molecule has 122 valence electrons. The SMILES string of the molecule is CC/C(=C\P(=O)(c1ccccc1)c1ccccc1)NC(C)(C)C. The molecule has 0 aliphatic heterocycles. The molecule has 0 amide bonds. The van der Waals surface area contributed by atoms with Crippen molar-refractivity contribution >= 4 is 17.8 Å². The third-order valence-corrected chi connectivity index (χ3v) is 6.34. The van der Waals surface area contributed by atoms with Gasteiger partial charge in [-0.25, -0.2) is 0 Å². The van der Waals surface area contributed by atoms with Crippen LogP contribution in [0.2, 0.25) is 0 Å². The Labute approximate surface area is 140 Å². The summed E-state index contributed by atoms with van der Waals surface area (Å²) in [6, 6.07) is 19.5. The van der Waals surface area contributed by atoms with E-state index < -0.39 is 7.14 Å². The molecule has 0 aliphatic rings. The Bertz CT molecular complexity index is 656. The standard InChI is InChI=1S/C20H26NOP/c1-5-17(21-20(2,3)4)16-23(22,18-12-8-6-9-13-18)19-14-10-7-11-15-19/h6-16,21H,5H2,1-4H3/b17-16+. The predicted octanol–water partition coefficient (Wildman–Crippen LogP) is 4.64. The average Bonchev–Trinajstić information content (AvgIpc) is 2.54. The molecule has 1 N–H and O–H groups in total. The van der Waals surface area contributed by atoms with Gasteiger partial charge < -0.3 is 9.88 Å². The van der Waals surface area contributed by atoms with E-state index >= 15 is 0 Å². The Balaban J connectivity index is 2.57. The van der Waals surface area contributed by atoms with Crippen LogP contribution in [0.3, 0.4) is 0 Å². The van der Waals surface area contributed by atoms with Crippen LogP contribution in [-0.2, 0) is 4.57 Å². The topological polar surface area (TPSA) is 29.1 Å². The van der Waals surface area contributed by atoms with E-state index in [2.05, 4.69) is 33.0 Å². The molecule has 0 radical (unpaired) electrons. The molecule has 0 bridgehead atoms. The highest BCUT2D eigenvalue weighted by atomic mass is 31.2. The molecule has 0 heterocycles. The first-order chi connectivity index (χ1) is 10.8. The summed E-state index contributed by atoms with van der Waals surface area (Å²) in [7, 11) is -2.81. The lowest BCUT2D eigenvalue weighted by Crippen LogP contribution is -2.35. The lowest BCUT2D eigenvalue weighted by molar-refractivity contribution is 0.466. The summed E-state index contributed by atoms with van der Waals surface area (Å²) >= 11 is 0. The second kappa shape index (κ2) is 7.19. The van der Waals surface area contributed by atoms with Gasteiger partial charge in [-0.1, -0.05) is 67.6 Å². The first-order valence-corrected chi connectivity index (χ1v) is 9.83. The van der Waals surface area contributed by atoms with Crippen LogP contribution in [-0.4, -0.2) is 5.54 Å². The molecule has 2 aromatic carbocycles. The van der Waals surface area contributed by atoms with Gasteiger partial charge >= 0.3 is 0 Å². The quantitative estimate of drug-likeness (QED) is 0.811. The number of nitrogens with one attached hydrogen (secondary N) is 1. The third kappa shape index (κ3) is 4.59. The van der Waals surface area contributed by atoms with Gasteiger partial charge in [0.2, 0.25) is 0 Å². The van der Waals surface area contributed by atoms with E-state index in [1.807, 2.05) is 66.5 Å². The number of allylic oxidation sites excluding steroid dienone is 1. The fourth-order valence-corrected chi connectivity index (χ4v) is 5.02. The molecule has 0 atom stereocenters. The van der Waals surface area contributed by atoms with Gasteiger partial charge in [0.15, 0.2) is 7.14 Å². The van der Waals surface area contributed by atoms with E-state index in [0.29, 0.717) is 0 Å². The van der Waals surface area contributed by atoms with Crippen LogP contribution in [0.15, 0.2) is 72.2 Å². The van der Waals surface area contributed by atoms with Crippen molar-refractivity contribution in [3.05, 3.63) is 72.2 Å². The van der Waals surface area contributed by atoms with Crippen molar-refractivity contribution in [2.24, 2.45) is 0 Å². The lowest BCUT2D eigenvalue weighted by Gasteiger charge is -2.25. The van der Waals surface area contributed by atoms with Crippen LogP contribution in [0, 0.1) is 0 Å². The number of rotatable bonds is 5. The van der Waals surface area contributed by atoms with Crippen LogP contribution in [0.5, 0.6) is 0 Å². The monoisotopic (exact) mass is 327 g/mol. The summed E-state index contributed by atoms with van der Waals surface area (Å²) in [6.45, 7) is 8.44. The zero-order chi connectivity index (χ0) is 16.9. The average molecular weight is 327 g/mol. The molecule has 3 heteroatoms. The molecule has 0 unspecified atom stereocenters. The molecule has 0 aliphatic carbocycles. The van der Waals surface area contributed by atoms with E-state index in [9.17, 15) is 4.57 Å². The van der Waals surface area contributed by atoms with Gasteiger partial charge in [-0.3, -0.25) is 0 Å². The summed E-state index contributed by atoms with van der Waals surface area (Å²) in [4.78, 5) is 0.